The van der Waals surface area contributed by atoms with Gasteiger partial charge in [-0.2, -0.15) is 12.8 Å². The summed E-state index contributed by atoms with van der Waals surface area (Å²) in [5.41, 5.74) is 18.1. The first kappa shape index (κ1) is 67.9. The van der Waals surface area contributed by atoms with E-state index >= 15 is 0 Å². The molecule has 4 heteroatoms. The minimum absolute atomic E-state index is 0. The van der Waals surface area contributed by atoms with Gasteiger partial charge >= 0.3 is 20.4 Å². The van der Waals surface area contributed by atoms with Crippen molar-refractivity contribution in [3.63, 3.8) is 0 Å². The number of hydrogen-bond donors (Lipinski definition) is 0. The maximum absolute atomic E-state index is 12.9. The second kappa shape index (κ2) is 50.4. The minimum Gasteiger partial charge on any atom is -0.493 e. The summed E-state index contributed by atoms with van der Waals surface area (Å²) in [4.78, 5) is 12.9. The van der Waals surface area contributed by atoms with Crippen molar-refractivity contribution in [3.8, 4) is 0 Å². The molecule has 0 N–H and O–H groups in total. The normalized spacial score (nSPS) is 12.0. The first-order valence-corrected chi connectivity index (χ1v) is 30.1. The van der Waals surface area contributed by atoms with Gasteiger partial charge in [0.2, 0.25) is 11.4 Å². The molecular weight excluding hydrogens is 943 g/mol. The standard InChI is InChI=1S/C54H86N2O.2C6H13.Pd/c1-4-6-8-10-12-14-15-16-17-18-19-20-21-22-23-24-25-26-27-29-30-32-34-37-48-38-36-39-51(46-48)52-45-47(3)54(56(52)55)50-43-41-49(42-44-50)53(57)40-35-33-31-28-13-11-9-7-5-2;2*1-3-5-6-4-2;/h36,38-39,41-46H,4-35,37,40H2,1-3H3;2*1,3-6H2,2H3;/q;2*-1;+2. The number of Topliss-reactive ketones (excluding diaryl/α,β-unsaturated/α-hetero) is 1. The third kappa shape index (κ3) is 35.9. The number of hydrogen-bond acceptors (Lipinski definition) is 1. The number of allylic oxidation sites excluding steroid dienone is 2. The van der Waals surface area contributed by atoms with Gasteiger partial charge in [-0.15, -0.1) is 0 Å². The summed E-state index contributed by atoms with van der Waals surface area (Å²) >= 11 is 0. The molecule has 0 fully saturated rings. The molecule has 3 nitrogen and oxygen atoms in total. The van der Waals surface area contributed by atoms with Gasteiger partial charge in [-0.25, -0.2) is 4.70 Å². The molecule has 0 unspecified atom stereocenters. The fourth-order valence-corrected chi connectivity index (χ4v) is 9.59. The van der Waals surface area contributed by atoms with E-state index < -0.39 is 0 Å². The number of carbonyl (C=O) groups is 1. The molecule has 0 aromatic heterocycles. The van der Waals surface area contributed by atoms with Gasteiger partial charge < -0.3 is 19.4 Å². The second-order valence-corrected chi connectivity index (χ2v) is 20.8. The summed E-state index contributed by atoms with van der Waals surface area (Å²) < 4.78 is 1.34. The van der Waals surface area contributed by atoms with Gasteiger partial charge in [-0.05, 0) is 56.0 Å². The van der Waals surface area contributed by atoms with Crippen LogP contribution in [0.5, 0.6) is 0 Å². The van der Waals surface area contributed by atoms with Crippen LogP contribution in [0.4, 0.5) is 0 Å². The van der Waals surface area contributed by atoms with Crippen LogP contribution in [0.15, 0.2) is 60.2 Å². The summed E-state index contributed by atoms with van der Waals surface area (Å²) in [7, 11) is 0. The average molecular weight is 1060 g/mol. The van der Waals surface area contributed by atoms with Crippen LogP contribution in [0.1, 0.15) is 325 Å². The fraction of sp³-hybridized carbons (Fsp3) is 0.712. The molecule has 1 heterocycles. The van der Waals surface area contributed by atoms with E-state index in [1.54, 1.807) is 0 Å². The summed E-state index contributed by atoms with van der Waals surface area (Å²) in [6.07, 6.45) is 57.8. The van der Waals surface area contributed by atoms with Crippen LogP contribution in [0.2, 0.25) is 0 Å². The van der Waals surface area contributed by atoms with E-state index in [1.165, 1.54) is 241 Å². The molecule has 2 aromatic rings. The van der Waals surface area contributed by atoms with Crippen LogP contribution in [-0.4, -0.2) is 10.5 Å². The molecular formula is C66H112N2OPd. The van der Waals surface area contributed by atoms with Crippen LogP contribution in [0, 0.1) is 13.8 Å². The number of unbranched alkanes of at least 4 members (excludes halogenated alkanes) is 36. The summed E-state index contributed by atoms with van der Waals surface area (Å²) in [5.74, 6) is 0.221. The summed E-state index contributed by atoms with van der Waals surface area (Å²) in [6, 6.07) is 16.5. The van der Waals surface area contributed by atoms with Crippen molar-refractivity contribution in [1.29, 1.82) is 0 Å². The molecule has 0 radical (unpaired) electrons. The Kier molecular flexibility index (Phi) is 48.8. The third-order valence-electron chi connectivity index (χ3n) is 14.2. The third-order valence-corrected chi connectivity index (χ3v) is 14.2. The molecule has 1 aliphatic rings. The van der Waals surface area contributed by atoms with Crippen molar-refractivity contribution in [2.75, 3.05) is 0 Å². The van der Waals surface area contributed by atoms with Crippen molar-refractivity contribution in [1.82, 2.24) is 0 Å². The van der Waals surface area contributed by atoms with Gasteiger partial charge in [0.1, 0.15) is 0 Å². The monoisotopic (exact) mass is 1050 g/mol. The van der Waals surface area contributed by atoms with Crippen molar-refractivity contribution < 1.29 is 29.9 Å². The maximum Gasteiger partial charge on any atom is 2.00 e. The molecule has 2 aromatic carbocycles. The zero-order valence-corrected chi connectivity index (χ0v) is 48.5. The van der Waals surface area contributed by atoms with Crippen molar-refractivity contribution in [3.05, 3.63) is 102 Å². The molecule has 0 bridgehead atoms. The Labute approximate surface area is 450 Å². The molecule has 0 saturated heterocycles. The number of ketones is 1. The summed E-state index contributed by atoms with van der Waals surface area (Å²) in [6.45, 7) is 18.5. The minimum atomic E-state index is 0. The smallest absolute Gasteiger partial charge is 0.493 e. The van der Waals surface area contributed by atoms with Gasteiger partial charge in [-0.3, -0.25) is 4.79 Å². The molecule has 0 amide bonds. The van der Waals surface area contributed by atoms with Gasteiger partial charge in [0, 0.05) is 34.8 Å². The fourth-order valence-electron chi connectivity index (χ4n) is 9.59. The molecule has 1 aliphatic heterocycles. The Morgan fingerprint density at radius 3 is 1.19 bits per heavy atom. The Morgan fingerprint density at radius 1 is 0.457 bits per heavy atom. The number of aryl methyl sites for hydroxylation is 1. The van der Waals surface area contributed by atoms with E-state index in [0.29, 0.717) is 6.42 Å². The Bertz CT molecular complexity index is 1540. The van der Waals surface area contributed by atoms with E-state index in [-0.39, 0.29) is 26.2 Å². The van der Waals surface area contributed by atoms with E-state index in [0.717, 1.165) is 65.8 Å². The number of rotatable bonds is 43. The van der Waals surface area contributed by atoms with Gasteiger partial charge in [0.15, 0.2) is 5.78 Å². The first-order valence-electron chi connectivity index (χ1n) is 30.1. The first-order chi connectivity index (χ1) is 33.9. The van der Waals surface area contributed by atoms with Gasteiger partial charge in [0.25, 0.3) is 0 Å². The zero-order chi connectivity index (χ0) is 50.3. The average Bonchev–Trinajstić information content (AvgIpc) is 3.67. The molecule has 0 aliphatic carbocycles. The zero-order valence-electron chi connectivity index (χ0n) is 46.9. The van der Waals surface area contributed by atoms with Gasteiger partial charge in [0.05, 0.1) is 0 Å². The topological polar surface area (TPSA) is 42.4 Å². The molecule has 0 saturated carbocycles. The number of benzene rings is 2. The Balaban J connectivity index is 0.00000324. The van der Waals surface area contributed by atoms with E-state index in [9.17, 15) is 10.3 Å². The largest absolute Gasteiger partial charge is 2.00 e. The Morgan fingerprint density at radius 2 is 0.814 bits per heavy atom. The predicted molar refractivity (Wildman–Crippen MR) is 308 cm³/mol. The maximum atomic E-state index is 12.9. The van der Waals surface area contributed by atoms with Crippen LogP contribution < -0.4 is 0 Å². The predicted octanol–water partition coefficient (Wildman–Crippen LogP) is 22.9. The quantitative estimate of drug-likeness (QED) is 0.0215. The number of carbonyl (C=O) groups excluding carboxylic acids is 1. The Hall–Kier alpha value is -2.15. The van der Waals surface area contributed by atoms with Crippen LogP contribution in [-0.2, 0) is 26.8 Å². The number of nitrogens with zero attached hydrogens (tertiary/aromatic N) is 2. The van der Waals surface area contributed by atoms with E-state index in [4.69, 9.17) is 0 Å². The molecule has 0 spiro atoms. The van der Waals surface area contributed by atoms with Crippen LogP contribution >= 0.6 is 0 Å². The molecule has 3 rings (SSSR count). The van der Waals surface area contributed by atoms with Crippen LogP contribution in [0.25, 0.3) is 16.9 Å². The molecule has 402 valence electrons. The van der Waals surface area contributed by atoms with E-state index in [1.807, 2.05) is 24.3 Å². The van der Waals surface area contributed by atoms with Crippen LogP contribution in [0.3, 0.4) is 0 Å². The van der Waals surface area contributed by atoms with E-state index in [2.05, 4.69) is 78.8 Å². The van der Waals surface area contributed by atoms with Crippen molar-refractivity contribution in [2.45, 2.75) is 304 Å². The van der Waals surface area contributed by atoms with Crippen molar-refractivity contribution in [2.24, 2.45) is 0 Å². The molecule has 70 heavy (non-hydrogen) atoms. The molecule has 0 atom stereocenters. The SMILES string of the molecule is CCCCCCCCCCCCCCCCCCCCCCCCCc1cccc(C2=CC(C)=C(c3ccc(C(=O)CCCCCCCCCCC)cc3)[N+]2=[N-])c1.[CH2-]CCCCC.[CH2-]CCCCC.[Pd+2]. The van der Waals surface area contributed by atoms with Crippen molar-refractivity contribution >= 4 is 17.2 Å². The van der Waals surface area contributed by atoms with Gasteiger partial charge in [-0.1, -0.05) is 283 Å². The second-order valence-electron chi connectivity index (χ2n) is 20.8. The summed E-state index contributed by atoms with van der Waals surface area (Å²) in [5, 5.41) is 0.